The summed E-state index contributed by atoms with van der Waals surface area (Å²) in [5.74, 6) is 1.69. The number of nitrogens with one attached hydrogen (secondary N) is 2. The zero-order valence-electron chi connectivity index (χ0n) is 14.4. The van der Waals surface area contributed by atoms with Crippen molar-refractivity contribution in [1.29, 1.82) is 0 Å². The van der Waals surface area contributed by atoms with Gasteiger partial charge >= 0.3 is 0 Å². The van der Waals surface area contributed by atoms with Crippen molar-refractivity contribution in [2.24, 2.45) is 5.10 Å². The lowest BCUT2D eigenvalue weighted by Gasteiger charge is -1.97. The van der Waals surface area contributed by atoms with E-state index >= 15 is 0 Å². The van der Waals surface area contributed by atoms with Gasteiger partial charge in [-0.25, -0.2) is 5.43 Å². The largest absolute Gasteiger partial charge is 0.455 e. The monoisotopic (exact) mass is 432 g/mol. The minimum atomic E-state index is 0.301. The Morgan fingerprint density at radius 1 is 1.00 bits per heavy atom. The standard InChI is InChI=1S/C20H13BrN6O/c21-13-7-5-12(6-8-13)17-10-9-14(28-17)11-22-26-20-24-19-18(25-27-20)15-3-1-2-4-16(15)23-19/h1-11H,(H2,23,24,26,27). The Morgan fingerprint density at radius 2 is 1.86 bits per heavy atom. The van der Waals surface area contributed by atoms with Crippen LogP contribution in [-0.4, -0.2) is 26.4 Å². The van der Waals surface area contributed by atoms with Crippen LogP contribution in [0.15, 0.2) is 74.7 Å². The number of benzene rings is 2. The fourth-order valence-corrected chi connectivity index (χ4v) is 3.18. The van der Waals surface area contributed by atoms with Crippen LogP contribution in [0.5, 0.6) is 0 Å². The van der Waals surface area contributed by atoms with Gasteiger partial charge in [-0.15, -0.1) is 10.2 Å². The minimum Gasteiger partial charge on any atom is -0.455 e. The number of fused-ring (bicyclic) bond motifs is 3. The van der Waals surface area contributed by atoms with Gasteiger partial charge in [-0.2, -0.15) is 10.1 Å². The molecule has 2 aromatic carbocycles. The van der Waals surface area contributed by atoms with Gasteiger partial charge in [-0.1, -0.05) is 46.3 Å². The van der Waals surface area contributed by atoms with Gasteiger partial charge in [0, 0.05) is 20.9 Å². The second-order valence-corrected chi connectivity index (χ2v) is 7.00. The highest BCUT2D eigenvalue weighted by molar-refractivity contribution is 9.10. The minimum absolute atomic E-state index is 0.301. The van der Waals surface area contributed by atoms with Crippen LogP contribution < -0.4 is 5.43 Å². The molecular formula is C20H13BrN6O. The van der Waals surface area contributed by atoms with Crippen LogP contribution in [0.25, 0.3) is 33.4 Å². The third-order valence-electron chi connectivity index (χ3n) is 4.23. The van der Waals surface area contributed by atoms with Gasteiger partial charge in [0.15, 0.2) is 5.65 Å². The van der Waals surface area contributed by atoms with Crippen LogP contribution in [0.3, 0.4) is 0 Å². The Kier molecular flexibility index (Phi) is 4.10. The van der Waals surface area contributed by atoms with Crippen molar-refractivity contribution in [3.63, 3.8) is 0 Å². The summed E-state index contributed by atoms with van der Waals surface area (Å²) in [5.41, 5.74) is 6.13. The highest BCUT2D eigenvalue weighted by Crippen LogP contribution is 2.24. The zero-order chi connectivity index (χ0) is 18.9. The van der Waals surface area contributed by atoms with E-state index in [9.17, 15) is 0 Å². The van der Waals surface area contributed by atoms with Crippen molar-refractivity contribution in [3.8, 4) is 11.3 Å². The molecule has 0 spiro atoms. The number of furan rings is 1. The molecule has 0 aliphatic heterocycles. The van der Waals surface area contributed by atoms with E-state index in [0.29, 0.717) is 17.4 Å². The summed E-state index contributed by atoms with van der Waals surface area (Å²) in [4.78, 5) is 7.64. The quantitative estimate of drug-likeness (QED) is 0.308. The van der Waals surface area contributed by atoms with E-state index in [1.807, 2.05) is 60.7 Å². The molecule has 5 aromatic rings. The van der Waals surface area contributed by atoms with Crippen molar-refractivity contribution in [3.05, 3.63) is 70.9 Å². The van der Waals surface area contributed by atoms with Gasteiger partial charge in [0.05, 0.1) is 6.21 Å². The van der Waals surface area contributed by atoms with Crippen LogP contribution in [-0.2, 0) is 0 Å². The lowest BCUT2D eigenvalue weighted by molar-refractivity contribution is 0.575. The maximum Gasteiger partial charge on any atom is 0.265 e. The molecule has 3 heterocycles. The van der Waals surface area contributed by atoms with E-state index < -0.39 is 0 Å². The number of hydrogen-bond acceptors (Lipinski definition) is 6. The van der Waals surface area contributed by atoms with E-state index in [1.54, 1.807) is 6.21 Å². The number of rotatable bonds is 4. The third kappa shape index (κ3) is 3.14. The molecule has 136 valence electrons. The topological polar surface area (TPSA) is 92.0 Å². The Hall–Kier alpha value is -3.52. The average molecular weight is 433 g/mol. The van der Waals surface area contributed by atoms with E-state index in [-0.39, 0.29) is 0 Å². The summed E-state index contributed by atoms with van der Waals surface area (Å²) >= 11 is 3.43. The predicted octanol–water partition coefficient (Wildman–Crippen LogP) is 4.97. The first-order chi connectivity index (χ1) is 13.8. The molecule has 0 aliphatic carbocycles. The van der Waals surface area contributed by atoms with Crippen LogP contribution in [0, 0.1) is 0 Å². The van der Waals surface area contributed by atoms with Gasteiger partial charge in [0.25, 0.3) is 5.95 Å². The van der Waals surface area contributed by atoms with Crippen molar-refractivity contribution in [2.45, 2.75) is 0 Å². The number of hydrazone groups is 1. The average Bonchev–Trinajstić information content (AvgIpc) is 3.33. The van der Waals surface area contributed by atoms with Crippen LogP contribution in [0.1, 0.15) is 5.76 Å². The molecule has 0 aliphatic rings. The maximum absolute atomic E-state index is 5.79. The van der Waals surface area contributed by atoms with E-state index in [0.717, 1.165) is 32.2 Å². The van der Waals surface area contributed by atoms with Crippen molar-refractivity contribution >= 4 is 50.2 Å². The number of halogens is 1. The van der Waals surface area contributed by atoms with E-state index in [2.05, 4.69) is 46.6 Å². The molecule has 0 saturated heterocycles. The lowest BCUT2D eigenvalue weighted by atomic mass is 10.2. The van der Waals surface area contributed by atoms with Gasteiger partial charge in [-0.05, 0) is 30.3 Å². The first-order valence-electron chi connectivity index (χ1n) is 8.52. The second-order valence-electron chi connectivity index (χ2n) is 6.08. The number of anilines is 1. The summed E-state index contributed by atoms with van der Waals surface area (Å²) in [5, 5.41) is 13.4. The smallest absolute Gasteiger partial charge is 0.265 e. The molecule has 0 bridgehead atoms. The van der Waals surface area contributed by atoms with Gasteiger partial charge in [0.2, 0.25) is 0 Å². The highest BCUT2D eigenvalue weighted by Gasteiger charge is 2.08. The number of aromatic nitrogens is 4. The van der Waals surface area contributed by atoms with E-state index in [4.69, 9.17) is 4.42 Å². The molecule has 2 N–H and O–H groups in total. The number of H-pyrrole nitrogens is 1. The first-order valence-corrected chi connectivity index (χ1v) is 9.31. The Bertz CT molecular complexity index is 1310. The fraction of sp³-hybridized carbons (Fsp3) is 0. The van der Waals surface area contributed by atoms with Crippen LogP contribution >= 0.6 is 15.9 Å². The van der Waals surface area contributed by atoms with Crippen molar-refractivity contribution in [1.82, 2.24) is 20.2 Å². The second kappa shape index (κ2) is 6.90. The zero-order valence-corrected chi connectivity index (χ0v) is 16.0. The molecule has 5 rings (SSSR count). The van der Waals surface area contributed by atoms with Crippen LogP contribution in [0.2, 0.25) is 0 Å². The molecule has 7 nitrogen and oxygen atoms in total. The van der Waals surface area contributed by atoms with Crippen molar-refractivity contribution < 1.29 is 4.42 Å². The Balaban J connectivity index is 1.34. The summed E-state index contributed by atoms with van der Waals surface area (Å²) in [6.07, 6.45) is 1.57. The molecule has 0 radical (unpaired) electrons. The summed E-state index contributed by atoms with van der Waals surface area (Å²) in [6, 6.07) is 19.5. The third-order valence-corrected chi connectivity index (χ3v) is 4.76. The predicted molar refractivity (Wildman–Crippen MR) is 112 cm³/mol. The van der Waals surface area contributed by atoms with E-state index in [1.165, 1.54) is 0 Å². The SMILES string of the molecule is Brc1ccc(-c2ccc(C=NNc3nnc4c(n3)[nH]c3ccccc34)o2)cc1. The lowest BCUT2D eigenvalue weighted by Crippen LogP contribution is -1.98. The van der Waals surface area contributed by atoms with Crippen LogP contribution in [0.4, 0.5) is 5.95 Å². The summed E-state index contributed by atoms with van der Waals surface area (Å²) in [6.45, 7) is 0. The Labute approximate surface area is 167 Å². The van der Waals surface area contributed by atoms with Gasteiger partial charge in [-0.3, -0.25) is 0 Å². The number of aromatic amines is 1. The highest BCUT2D eigenvalue weighted by atomic mass is 79.9. The molecule has 0 amide bonds. The number of para-hydroxylation sites is 1. The summed E-state index contributed by atoms with van der Waals surface area (Å²) < 4.78 is 6.81. The molecule has 0 fully saturated rings. The van der Waals surface area contributed by atoms with Gasteiger partial charge in [0.1, 0.15) is 17.0 Å². The normalized spacial score (nSPS) is 11.6. The maximum atomic E-state index is 5.79. The molecular weight excluding hydrogens is 420 g/mol. The molecule has 3 aromatic heterocycles. The fourth-order valence-electron chi connectivity index (χ4n) is 2.91. The summed E-state index contributed by atoms with van der Waals surface area (Å²) in [7, 11) is 0. The molecule has 0 saturated carbocycles. The first kappa shape index (κ1) is 16.6. The molecule has 0 atom stereocenters. The van der Waals surface area contributed by atoms with Crippen molar-refractivity contribution in [2.75, 3.05) is 5.43 Å². The Morgan fingerprint density at radius 3 is 2.75 bits per heavy atom. The number of nitrogens with zero attached hydrogens (tertiary/aromatic N) is 4. The molecule has 28 heavy (non-hydrogen) atoms. The van der Waals surface area contributed by atoms with Gasteiger partial charge < -0.3 is 9.40 Å². The number of hydrogen-bond donors (Lipinski definition) is 2. The molecule has 8 heteroatoms. The molecule has 0 unspecified atom stereocenters.